The van der Waals surface area contributed by atoms with Crippen LogP contribution in [0.15, 0.2) is 0 Å². The van der Waals surface area contributed by atoms with Gasteiger partial charge in [-0.25, -0.2) is 0 Å². The zero-order chi connectivity index (χ0) is 37.2. The van der Waals surface area contributed by atoms with Crippen LogP contribution in [-0.4, -0.2) is 47.3 Å². The van der Waals surface area contributed by atoms with E-state index in [1.165, 1.54) is 0 Å². The van der Waals surface area contributed by atoms with Crippen LogP contribution < -0.4 is 0 Å². The second-order valence-electron chi connectivity index (χ2n) is 14.7. The predicted octanol–water partition coefficient (Wildman–Crippen LogP) is 10.9. The predicted molar refractivity (Wildman–Crippen MR) is 196 cm³/mol. The van der Waals surface area contributed by atoms with E-state index in [1.807, 2.05) is 13.8 Å². The smallest absolute Gasteiger partial charge is 0.313 e. The summed E-state index contributed by atoms with van der Waals surface area (Å²) in [5.41, 5.74) is -1.68. The Hall–Kier alpha value is -2.12. The highest BCUT2D eigenvalue weighted by molar-refractivity contribution is 5.88. The summed E-state index contributed by atoms with van der Waals surface area (Å²) in [4.78, 5) is 50.1. The first-order valence-electron chi connectivity index (χ1n) is 19.5. The van der Waals surface area contributed by atoms with Crippen LogP contribution in [0.4, 0.5) is 0 Å². The first kappa shape index (κ1) is 48.0. The van der Waals surface area contributed by atoms with Crippen molar-refractivity contribution in [2.75, 3.05) is 13.2 Å². The highest BCUT2D eigenvalue weighted by atomic mass is 16.5. The lowest BCUT2D eigenvalue weighted by molar-refractivity contribution is -0.189. The van der Waals surface area contributed by atoms with E-state index >= 15 is 0 Å². The molecule has 0 bridgehead atoms. The van der Waals surface area contributed by atoms with Crippen molar-refractivity contribution in [2.45, 2.75) is 185 Å². The molecule has 0 aromatic rings. The van der Waals surface area contributed by atoms with Gasteiger partial charge in [0.15, 0.2) is 0 Å². The summed E-state index contributed by atoms with van der Waals surface area (Å²) in [6.07, 6.45) is 14.4. The van der Waals surface area contributed by atoms with Crippen molar-refractivity contribution >= 4 is 23.9 Å². The van der Waals surface area contributed by atoms with Crippen molar-refractivity contribution in [1.82, 2.24) is 0 Å². The number of carbonyl (C=O) groups excluding carboxylic acids is 2. The average molecular weight is 685 g/mol. The van der Waals surface area contributed by atoms with Crippen LogP contribution in [0.3, 0.4) is 0 Å². The van der Waals surface area contributed by atoms with Gasteiger partial charge in [0, 0.05) is 0 Å². The van der Waals surface area contributed by atoms with Gasteiger partial charge >= 0.3 is 23.9 Å². The van der Waals surface area contributed by atoms with Gasteiger partial charge in [0.2, 0.25) is 0 Å². The van der Waals surface area contributed by atoms with Gasteiger partial charge in [0.1, 0.15) is 0 Å². The molecular formula is C40H76O8. The van der Waals surface area contributed by atoms with Gasteiger partial charge in [-0.2, -0.15) is 0 Å². The van der Waals surface area contributed by atoms with Gasteiger partial charge in [0.25, 0.3) is 0 Å². The van der Waals surface area contributed by atoms with E-state index in [4.69, 9.17) is 19.7 Å². The molecule has 4 unspecified atom stereocenters. The maximum Gasteiger partial charge on any atom is 0.313 e. The van der Waals surface area contributed by atoms with Gasteiger partial charge in [-0.3, -0.25) is 19.2 Å². The standard InChI is InChI=1S/C28H54O4.C12H22O4/c1-9-13-17-27(21-23(5)6,25(29)31-19-15-11-3)28(18-14-10-2,22-24(7)8)26(30)32-20-16-12-4;1-3-5-7-9(11(13)14)10(12(15)16)8-6-4-2/h23-24H,9-22H2,1-8H3;9-10H,3-8H2,1-2H3,(H,13,14)(H,15,16). The molecule has 0 aromatic carbocycles. The maximum atomic E-state index is 14.0. The number of hydrogen-bond acceptors (Lipinski definition) is 6. The topological polar surface area (TPSA) is 127 Å². The average Bonchev–Trinajstić information content (AvgIpc) is 3.02. The first-order valence-corrected chi connectivity index (χ1v) is 19.5. The molecule has 48 heavy (non-hydrogen) atoms. The number of esters is 2. The summed E-state index contributed by atoms with van der Waals surface area (Å²) in [6, 6.07) is 0. The number of aliphatic carboxylic acids is 2. The number of unbranched alkanes of at least 4 members (excludes halogenated alkanes) is 6. The molecular weight excluding hydrogens is 608 g/mol. The molecule has 0 amide bonds. The zero-order valence-corrected chi connectivity index (χ0v) is 32.8. The second kappa shape index (κ2) is 27.7. The zero-order valence-electron chi connectivity index (χ0n) is 32.8. The quantitative estimate of drug-likeness (QED) is 0.0615. The number of hydrogen-bond donors (Lipinski definition) is 2. The Morgan fingerprint density at radius 1 is 0.500 bits per heavy atom. The van der Waals surface area contributed by atoms with Crippen LogP contribution >= 0.6 is 0 Å². The van der Waals surface area contributed by atoms with Crippen molar-refractivity contribution < 1.29 is 38.9 Å². The fourth-order valence-corrected chi connectivity index (χ4v) is 6.92. The van der Waals surface area contributed by atoms with E-state index in [9.17, 15) is 19.2 Å². The monoisotopic (exact) mass is 685 g/mol. The normalized spacial score (nSPS) is 15.1. The minimum Gasteiger partial charge on any atom is -0.481 e. The van der Waals surface area contributed by atoms with E-state index in [-0.39, 0.29) is 23.8 Å². The molecule has 0 rings (SSSR count). The van der Waals surface area contributed by atoms with Gasteiger partial charge < -0.3 is 19.7 Å². The summed E-state index contributed by atoms with van der Waals surface area (Å²) in [5, 5.41) is 18.1. The van der Waals surface area contributed by atoms with Crippen molar-refractivity contribution in [1.29, 1.82) is 0 Å². The first-order chi connectivity index (χ1) is 22.7. The molecule has 0 aliphatic carbocycles. The molecule has 8 heteroatoms. The summed E-state index contributed by atoms with van der Waals surface area (Å²) in [7, 11) is 0. The summed E-state index contributed by atoms with van der Waals surface area (Å²) in [6.45, 7) is 21.9. The summed E-state index contributed by atoms with van der Waals surface area (Å²) >= 11 is 0. The fourth-order valence-electron chi connectivity index (χ4n) is 6.92. The molecule has 0 saturated heterocycles. The molecule has 0 aliphatic heterocycles. The van der Waals surface area contributed by atoms with E-state index in [0.29, 0.717) is 51.7 Å². The van der Waals surface area contributed by atoms with Gasteiger partial charge in [-0.15, -0.1) is 0 Å². The van der Waals surface area contributed by atoms with E-state index in [0.717, 1.165) is 77.0 Å². The Bertz CT molecular complexity index is 799. The number of carbonyl (C=O) groups is 4. The minimum absolute atomic E-state index is 0.169. The second-order valence-corrected chi connectivity index (χ2v) is 14.7. The number of carboxylic acids is 2. The van der Waals surface area contributed by atoms with Gasteiger partial charge in [-0.05, 0) is 63.2 Å². The fraction of sp³-hybridized carbons (Fsp3) is 0.900. The van der Waals surface area contributed by atoms with Crippen LogP contribution in [0.2, 0.25) is 0 Å². The van der Waals surface area contributed by atoms with Crippen LogP contribution in [0.1, 0.15) is 185 Å². The largest absolute Gasteiger partial charge is 0.481 e. The number of ether oxygens (including phenoxy) is 2. The van der Waals surface area contributed by atoms with Crippen molar-refractivity contribution in [3.63, 3.8) is 0 Å². The Kier molecular flexibility index (Phi) is 27.7. The third-order valence-electron chi connectivity index (χ3n) is 9.44. The van der Waals surface area contributed by atoms with Crippen molar-refractivity contribution in [3.05, 3.63) is 0 Å². The Balaban J connectivity index is 0. The Morgan fingerprint density at radius 3 is 1.02 bits per heavy atom. The summed E-state index contributed by atoms with van der Waals surface area (Å²) in [5.74, 6) is -3.19. The summed E-state index contributed by atoms with van der Waals surface area (Å²) < 4.78 is 11.9. The molecule has 8 nitrogen and oxygen atoms in total. The lowest BCUT2D eigenvalue weighted by Crippen LogP contribution is -2.55. The van der Waals surface area contributed by atoms with Crippen LogP contribution in [0.5, 0.6) is 0 Å². The maximum absolute atomic E-state index is 14.0. The van der Waals surface area contributed by atoms with E-state index in [1.54, 1.807) is 0 Å². The molecule has 0 aliphatic rings. The van der Waals surface area contributed by atoms with E-state index < -0.39 is 34.6 Å². The lowest BCUT2D eigenvalue weighted by atomic mass is 9.53. The van der Waals surface area contributed by atoms with Gasteiger partial charge in [-0.1, -0.05) is 133 Å². The highest BCUT2D eigenvalue weighted by Gasteiger charge is 2.61. The van der Waals surface area contributed by atoms with Gasteiger partial charge in [0.05, 0.1) is 35.9 Å². The van der Waals surface area contributed by atoms with Crippen molar-refractivity contribution in [3.8, 4) is 0 Å². The minimum atomic E-state index is -0.975. The van der Waals surface area contributed by atoms with Crippen LogP contribution in [-0.2, 0) is 28.7 Å². The molecule has 284 valence electrons. The third kappa shape index (κ3) is 17.0. The molecule has 0 radical (unpaired) electrons. The highest BCUT2D eigenvalue weighted by Crippen LogP contribution is 2.56. The number of carboxylic acid groups (broad SMARTS) is 2. The van der Waals surface area contributed by atoms with Crippen LogP contribution in [0.25, 0.3) is 0 Å². The van der Waals surface area contributed by atoms with E-state index in [2.05, 4.69) is 55.4 Å². The molecule has 0 spiro atoms. The van der Waals surface area contributed by atoms with Crippen molar-refractivity contribution in [2.24, 2.45) is 34.5 Å². The molecule has 0 heterocycles. The third-order valence-corrected chi connectivity index (χ3v) is 9.44. The SMILES string of the molecule is CCCCC(C(=O)O)C(CCCC)C(=O)O.CCCCOC(=O)C(CCCC)(CC(C)C)C(CCCC)(CC(C)C)C(=O)OCCCC. The number of rotatable bonds is 28. The molecule has 2 N–H and O–H groups in total. The van der Waals surface area contributed by atoms with Crippen LogP contribution in [0, 0.1) is 34.5 Å². The lowest BCUT2D eigenvalue weighted by Gasteiger charge is -2.49. The Morgan fingerprint density at radius 2 is 0.792 bits per heavy atom. The Labute approximate surface area is 294 Å². The molecule has 0 saturated carbocycles. The molecule has 0 aromatic heterocycles. The molecule has 0 fully saturated rings. The molecule has 4 atom stereocenters.